The number of nitrogens with zero attached hydrogens (tertiary/aromatic N) is 2. The van der Waals surface area contributed by atoms with Crippen molar-refractivity contribution < 1.29 is 0 Å². The summed E-state index contributed by atoms with van der Waals surface area (Å²) >= 11 is 6.06. The molecule has 1 heterocycles. The van der Waals surface area contributed by atoms with E-state index in [0.29, 0.717) is 6.04 Å². The van der Waals surface area contributed by atoms with Gasteiger partial charge in [0, 0.05) is 11.1 Å². The Morgan fingerprint density at radius 2 is 2.11 bits per heavy atom. The van der Waals surface area contributed by atoms with E-state index in [1.807, 2.05) is 19.2 Å². The number of nitrogens with one attached hydrogen (secondary N) is 1. The summed E-state index contributed by atoms with van der Waals surface area (Å²) in [6.45, 7) is 4.32. The van der Waals surface area contributed by atoms with E-state index >= 15 is 0 Å². The highest BCUT2D eigenvalue weighted by atomic mass is 35.5. The summed E-state index contributed by atoms with van der Waals surface area (Å²) in [6.07, 6.45) is 2.50. The fourth-order valence-electron chi connectivity index (χ4n) is 2.33. The highest BCUT2D eigenvalue weighted by Crippen LogP contribution is 2.41. The van der Waals surface area contributed by atoms with Gasteiger partial charge in [-0.3, -0.25) is 0 Å². The Morgan fingerprint density at radius 1 is 1.39 bits per heavy atom. The first-order chi connectivity index (χ1) is 8.53. The van der Waals surface area contributed by atoms with E-state index < -0.39 is 0 Å². The lowest BCUT2D eigenvalue weighted by Crippen LogP contribution is -2.36. The zero-order valence-corrected chi connectivity index (χ0v) is 11.8. The summed E-state index contributed by atoms with van der Waals surface area (Å²) in [7, 11) is 1.98. The molecule has 3 rings (SSSR count). The Kier molecular flexibility index (Phi) is 2.65. The van der Waals surface area contributed by atoms with Gasteiger partial charge in [0.1, 0.15) is 5.82 Å². The van der Waals surface area contributed by atoms with Crippen molar-refractivity contribution in [1.82, 2.24) is 14.9 Å². The topological polar surface area (TPSA) is 29.9 Å². The quantitative estimate of drug-likeness (QED) is 0.919. The molecule has 1 N–H and O–H groups in total. The van der Waals surface area contributed by atoms with Gasteiger partial charge in [0.05, 0.1) is 16.6 Å². The molecule has 2 aromatic rings. The SMILES string of the molecule is CNC(C)(C)c1nc2cc(Cl)ccc2n1C1CC1. The molecule has 0 bridgehead atoms. The van der Waals surface area contributed by atoms with E-state index in [-0.39, 0.29) is 5.54 Å². The third-order valence-corrected chi connectivity index (χ3v) is 3.98. The fraction of sp³-hybridized carbons (Fsp3) is 0.500. The van der Waals surface area contributed by atoms with Gasteiger partial charge in [-0.15, -0.1) is 0 Å². The first-order valence-electron chi connectivity index (χ1n) is 6.40. The van der Waals surface area contributed by atoms with Crippen molar-refractivity contribution in [2.75, 3.05) is 7.05 Å². The lowest BCUT2D eigenvalue weighted by atomic mass is 10.1. The molecule has 4 heteroatoms. The minimum atomic E-state index is -0.131. The molecular weight excluding hydrogens is 246 g/mol. The molecular formula is C14H18ClN3. The minimum Gasteiger partial charge on any atom is -0.323 e. The Hall–Kier alpha value is -1.06. The van der Waals surface area contributed by atoms with Crippen molar-refractivity contribution >= 4 is 22.6 Å². The summed E-state index contributed by atoms with van der Waals surface area (Å²) in [6, 6.07) is 6.59. The molecule has 18 heavy (non-hydrogen) atoms. The second-order valence-electron chi connectivity index (χ2n) is 5.54. The Labute approximate surface area is 112 Å². The number of hydrogen-bond acceptors (Lipinski definition) is 2. The maximum absolute atomic E-state index is 6.06. The lowest BCUT2D eigenvalue weighted by Gasteiger charge is -2.24. The van der Waals surface area contributed by atoms with Crippen LogP contribution >= 0.6 is 11.6 Å². The first kappa shape index (κ1) is 12.0. The van der Waals surface area contributed by atoms with Crippen LogP contribution in [-0.2, 0) is 5.54 Å². The Balaban J connectivity index is 2.27. The molecule has 0 aliphatic heterocycles. The number of imidazole rings is 1. The molecule has 1 fully saturated rings. The molecule has 1 saturated carbocycles. The summed E-state index contributed by atoms with van der Waals surface area (Å²) in [5.74, 6) is 1.10. The van der Waals surface area contributed by atoms with Crippen molar-refractivity contribution in [3.63, 3.8) is 0 Å². The van der Waals surface area contributed by atoms with Gasteiger partial charge in [0.15, 0.2) is 0 Å². The molecule has 0 atom stereocenters. The fourth-order valence-corrected chi connectivity index (χ4v) is 2.49. The minimum absolute atomic E-state index is 0.131. The summed E-state index contributed by atoms with van der Waals surface area (Å²) in [5.41, 5.74) is 2.06. The van der Waals surface area contributed by atoms with Crippen LogP contribution in [0.4, 0.5) is 0 Å². The van der Waals surface area contributed by atoms with Crippen molar-refractivity contribution in [2.24, 2.45) is 0 Å². The van der Waals surface area contributed by atoms with Gasteiger partial charge >= 0.3 is 0 Å². The molecule has 96 valence electrons. The van der Waals surface area contributed by atoms with Crippen molar-refractivity contribution in [3.05, 3.63) is 29.0 Å². The molecule has 0 spiro atoms. The van der Waals surface area contributed by atoms with Gasteiger partial charge < -0.3 is 9.88 Å². The number of fused-ring (bicyclic) bond motifs is 1. The van der Waals surface area contributed by atoms with Crippen LogP contribution in [0.5, 0.6) is 0 Å². The molecule has 0 radical (unpaired) electrons. The average molecular weight is 264 g/mol. The largest absolute Gasteiger partial charge is 0.323 e. The monoisotopic (exact) mass is 263 g/mol. The Morgan fingerprint density at radius 3 is 2.72 bits per heavy atom. The predicted octanol–water partition coefficient (Wildman–Crippen LogP) is 3.48. The third kappa shape index (κ3) is 1.82. The number of benzene rings is 1. The Bertz CT molecular complexity index is 596. The molecule has 0 unspecified atom stereocenters. The van der Waals surface area contributed by atoms with E-state index in [2.05, 4.69) is 29.8 Å². The summed E-state index contributed by atoms with van der Waals surface area (Å²) < 4.78 is 2.38. The van der Waals surface area contributed by atoms with Gasteiger partial charge in [-0.25, -0.2) is 4.98 Å². The van der Waals surface area contributed by atoms with Gasteiger partial charge in [-0.1, -0.05) is 11.6 Å². The van der Waals surface area contributed by atoms with Crippen LogP contribution in [0.3, 0.4) is 0 Å². The normalized spacial score (nSPS) is 16.4. The van der Waals surface area contributed by atoms with E-state index in [0.717, 1.165) is 16.4 Å². The van der Waals surface area contributed by atoms with Crippen LogP contribution in [0, 0.1) is 0 Å². The van der Waals surface area contributed by atoms with Gasteiger partial charge in [-0.2, -0.15) is 0 Å². The number of aromatic nitrogens is 2. The van der Waals surface area contributed by atoms with Gasteiger partial charge in [0.25, 0.3) is 0 Å². The standard InChI is InChI=1S/C14H18ClN3/c1-14(2,16-3)13-17-11-8-9(15)4-7-12(11)18(13)10-5-6-10/h4,7-8,10,16H,5-6H2,1-3H3. The van der Waals surface area contributed by atoms with Crippen LogP contribution in [0.15, 0.2) is 18.2 Å². The molecule has 0 saturated heterocycles. The molecule has 1 aliphatic rings. The zero-order valence-electron chi connectivity index (χ0n) is 11.0. The lowest BCUT2D eigenvalue weighted by molar-refractivity contribution is 0.398. The van der Waals surface area contributed by atoms with E-state index in [4.69, 9.17) is 16.6 Å². The number of rotatable bonds is 3. The number of halogens is 1. The average Bonchev–Trinajstić information content (AvgIpc) is 3.09. The smallest absolute Gasteiger partial charge is 0.129 e. The van der Waals surface area contributed by atoms with Crippen LogP contribution in [0.1, 0.15) is 38.6 Å². The van der Waals surface area contributed by atoms with Crippen LogP contribution in [0.2, 0.25) is 5.02 Å². The maximum atomic E-state index is 6.06. The van der Waals surface area contributed by atoms with Crippen molar-refractivity contribution in [1.29, 1.82) is 0 Å². The molecule has 0 amide bonds. The predicted molar refractivity (Wildman–Crippen MR) is 75.1 cm³/mol. The molecule has 1 aromatic carbocycles. The van der Waals surface area contributed by atoms with E-state index in [9.17, 15) is 0 Å². The van der Waals surface area contributed by atoms with E-state index in [1.165, 1.54) is 18.4 Å². The van der Waals surface area contributed by atoms with Crippen molar-refractivity contribution in [3.8, 4) is 0 Å². The summed E-state index contributed by atoms with van der Waals surface area (Å²) in [4.78, 5) is 4.79. The van der Waals surface area contributed by atoms with E-state index in [1.54, 1.807) is 0 Å². The van der Waals surface area contributed by atoms with Crippen LogP contribution in [0.25, 0.3) is 11.0 Å². The van der Waals surface area contributed by atoms with Crippen LogP contribution < -0.4 is 5.32 Å². The van der Waals surface area contributed by atoms with Gasteiger partial charge in [-0.05, 0) is 51.9 Å². The second kappa shape index (κ2) is 3.97. The molecule has 1 aliphatic carbocycles. The van der Waals surface area contributed by atoms with Crippen molar-refractivity contribution in [2.45, 2.75) is 38.3 Å². The third-order valence-electron chi connectivity index (χ3n) is 3.75. The second-order valence-corrected chi connectivity index (χ2v) is 5.98. The number of hydrogen-bond donors (Lipinski definition) is 1. The maximum Gasteiger partial charge on any atom is 0.129 e. The highest BCUT2D eigenvalue weighted by molar-refractivity contribution is 6.31. The molecule has 3 nitrogen and oxygen atoms in total. The highest BCUT2D eigenvalue weighted by Gasteiger charge is 2.33. The summed E-state index contributed by atoms with van der Waals surface area (Å²) in [5, 5.41) is 4.09. The zero-order chi connectivity index (χ0) is 12.9. The molecule has 1 aromatic heterocycles. The van der Waals surface area contributed by atoms with Gasteiger partial charge in [0.2, 0.25) is 0 Å². The first-order valence-corrected chi connectivity index (χ1v) is 6.77. The van der Waals surface area contributed by atoms with Crippen LogP contribution in [-0.4, -0.2) is 16.6 Å².